The molecule has 0 aromatic rings. The Balaban J connectivity index is 3.26. The van der Waals surface area contributed by atoms with Crippen LogP contribution in [0.5, 0.6) is 0 Å². The van der Waals surface area contributed by atoms with Gasteiger partial charge in [0.15, 0.2) is 0 Å². The predicted molar refractivity (Wildman–Crippen MR) is 33.7 cm³/mol. The lowest BCUT2D eigenvalue weighted by Crippen LogP contribution is -2.39. The van der Waals surface area contributed by atoms with Gasteiger partial charge in [-0.2, -0.15) is 0 Å². The van der Waals surface area contributed by atoms with Crippen LogP contribution >= 0.6 is 0 Å². The summed E-state index contributed by atoms with van der Waals surface area (Å²) in [4.78, 5) is 9.67. The van der Waals surface area contributed by atoms with Crippen LogP contribution in [-0.4, -0.2) is 30.2 Å². The van der Waals surface area contributed by atoms with E-state index in [4.69, 9.17) is 10.8 Å². The van der Waals surface area contributed by atoms with E-state index < -0.39 is 6.10 Å². The largest absolute Gasteiger partial charge is 0.390 e. The fraction of sp³-hybridized carbons (Fsp3) is 0.800. The Kier molecular flexibility index (Phi) is 4.00. The summed E-state index contributed by atoms with van der Waals surface area (Å²) in [5.74, 6) is 0. The fourth-order valence-corrected chi connectivity index (χ4v) is 0.355. The van der Waals surface area contributed by atoms with E-state index in [2.05, 4.69) is 5.32 Å². The standard InChI is InChI=1S/C5H12N2O2/c1-4(6)5(9)2-7-3-8/h3-5,9H,2,6H2,1H3,(H,7,8). The molecule has 0 aliphatic rings. The molecule has 0 aromatic carbocycles. The third-order valence-corrected chi connectivity index (χ3v) is 1.02. The smallest absolute Gasteiger partial charge is 0.207 e. The van der Waals surface area contributed by atoms with E-state index in [1.807, 2.05) is 0 Å². The van der Waals surface area contributed by atoms with E-state index in [1.54, 1.807) is 6.92 Å². The van der Waals surface area contributed by atoms with Gasteiger partial charge in [0, 0.05) is 12.6 Å². The molecule has 0 aliphatic carbocycles. The van der Waals surface area contributed by atoms with Gasteiger partial charge in [-0.1, -0.05) is 0 Å². The first-order valence-electron chi connectivity index (χ1n) is 2.79. The molecule has 9 heavy (non-hydrogen) atoms. The minimum absolute atomic E-state index is 0.223. The van der Waals surface area contributed by atoms with E-state index in [1.165, 1.54) is 0 Å². The second-order valence-corrected chi connectivity index (χ2v) is 1.95. The van der Waals surface area contributed by atoms with Crippen LogP contribution in [0.3, 0.4) is 0 Å². The first kappa shape index (κ1) is 8.39. The number of rotatable bonds is 4. The maximum absolute atomic E-state index is 9.67. The third-order valence-electron chi connectivity index (χ3n) is 1.02. The lowest BCUT2D eigenvalue weighted by Gasteiger charge is -2.12. The molecule has 0 bridgehead atoms. The monoisotopic (exact) mass is 132 g/mol. The molecule has 0 saturated carbocycles. The molecule has 0 aromatic heterocycles. The molecule has 1 amide bonds. The Morgan fingerprint density at radius 3 is 2.78 bits per heavy atom. The van der Waals surface area contributed by atoms with Crippen molar-refractivity contribution >= 4 is 6.41 Å². The van der Waals surface area contributed by atoms with Gasteiger partial charge < -0.3 is 16.2 Å². The highest BCUT2D eigenvalue weighted by atomic mass is 16.3. The van der Waals surface area contributed by atoms with Crippen molar-refractivity contribution < 1.29 is 9.90 Å². The summed E-state index contributed by atoms with van der Waals surface area (Å²) in [7, 11) is 0. The summed E-state index contributed by atoms with van der Waals surface area (Å²) in [6, 6.07) is -0.294. The van der Waals surface area contributed by atoms with Crippen LogP contribution in [0.2, 0.25) is 0 Å². The highest BCUT2D eigenvalue weighted by molar-refractivity contribution is 5.45. The zero-order valence-electron chi connectivity index (χ0n) is 5.37. The van der Waals surface area contributed by atoms with Crippen molar-refractivity contribution in [1.82, 2.24) is 5.32 Å². The molecular weight excluding hydrogens is 120 g/mol. The molecule has 4 nitrogen and oxygen atoms in total. The highest BCUT2D eigenvalue weighted by Gasteiger charge is 2.06. The fourth-order valence-electron chi connectivity index (χ4n) is 0.355. The topological polar surface area (TPSA) is 75.3 Å². The van der Waals surface area contributed by atoms with Crippen LogP contribution < -0.4 is 11.1 Å². The Hall–Kier alpha value is -0.610. The van der Waals surface area contributed by atoms with E-state index in [0.717, 1.165) is 0 Å². The van der Waals surface area contributed by atoms with E-state index in [0.29, 0.717) is 6.41 Å². The highest BCUT2D eigenvalue weighted by Crippen LogP contribution is 1.84. The van der Waals surface area contributed by atoms with Crippen LogP contribution in [0, 0.1) is 0 Å². The minimum atomic E-state index is -0.643. The van der Waals surface area contributed by atoms with Gasteiger partial charge in [-0.3, -0.25) is 4.79 Å². The average Bonchev–Trinajstić information content (AvgIpc) is 1.82. The van der Waals surface area contributed by atoms with Gasteiger partial charge in [0.05, 0.1) is 6.10 Å². The molecule has 2 atom stereocenters. The molecule has 2 unspecified atom stereocenters. The van der Waals surface area contributed by atoms with Crippen LogP contribution in [0.25, 0.3) is 0 Å². The van der Waals surface area contributed by atoms with Crippen molar-refractivity contribution in [3.05, 3.63) is 0 Å². The first-order chi connectivity index (χ1) is 4.18. The second-order valence-electron chi connectivity index (χ2n) is 1.95. The minimum Gasteiger partial charge on any atom is -0.390 e. The number of hydrogen-bond donors (Lipinski definition) is 3. The zero-order chi connectivity index (χ0) is 7.28. The van der Waals surface area contributed by atoms with Crippen molar-refractivity contribution in [2.45, 2.75) is 19.1 Å². The summed E-state index contributed by atoms with van der Waals surface area (Å²) in [5, 5.41) is 11.2. The Morgan fingerprint density at radius 2 is 2.44 bits per heavy atom. The number of nitrogens with two attached hydrogens (primary N) is 1. The van der Waals surface area contributed by atoms with Crippen LogP contribution in [0.4, 0.5) is 0 Å². The van der Waals surface area contributed by atoms with E-state index in [-0.39, 0.29) is 12.6 Å². The number of hydrogen-bond acceptors (Lipinski definition) is 3. The van der Waals surface area contributed by atoms with Crippen molar-refractivity contribution in [3.8, 4) is 0 Å². The molecule has 54 valence electrons. The number of carbonyl (C=O) groups excluding carboxylic acids is 1. The lowest BCUT2D eigenvalue weighted by atomic mass is 10.2. The number of aliphatic hydroxyl groups excluding tert-OH is 1. The number of amides is 1. The maximum Gasteiger partial charge on any atom is 0.207 e. The maximum atomic E-state index is 9.67. The second kappa shape index (κ2) is 4.29. The SMILES string of the molecule is CC(N)C(O)CNC=O. The quantitative estimate of drug-likeness (QED) is 0.405. The number of aliphatic hydroxyl groups is 1. The predicted octanol–water partition coefficient (Wildman–Crippen LogP) is -1.56. The van der Waals surface area contributed by atoms with Gasteiger partial charge in [-0.25, -0.2) is 0 Å². The summed E-state index contributed by atoms with van der Waals surface area (Å²) in [6.07, 6.45) is -0.110. The van der Waals surface area contributed by atoms with Crippen LogP contribution in [-0.2, 0) is 4.79 Å². The summed E-state index contributed by atoms with van der Waals surface area (Å²) in [6.45, 7) is 1.90. The van der Waals surface area contributed by atoms with E-state index in [9.17, 15) is 4.79 Å². The summed E-state index contributed by atoms with van der Waals surface area (Å²) >= 11 is 0. The van der Waals surface area contributed by atoms with Gasteiger partial charge in [-0.15, -0.1) is 0 Å². The van der Waals surface area contributed by atoms with Gasteiger partial charge in [-0.05, 0) is 6.92 Å². The molecule has 0 rings (SSSR count). The van der Waals surface area contributed by atoms with Crippen LogP contribution in [0.1, 0.15) is 6.92 Å². The van der Waals surface area contributed by atoms with Gasteiger partial charge in [0.25, 0.3) is 0 Å². The molecule has 4 heteroatoms. The van der Waals surface area contributed by atoms with Gasteiger partial charge in [0.1, 0.15) is 0 Å². The average molecular weight is 132 g/mol. The molecule has 0 spiro atoms. The Morgan fingerprint density at radius 1 is 1.89 bits per heavy atom. The van der Waals surface area contributed by atoms with Crippen molar-refractivity contribution in [2.24, 2.45) is 5.73 Å². The normalized spacial score (nSPS) is 16.3. The first-order valence-corrected chi connectivity index (χ1v) is 2.79. The molecule has 0 saturated heterocycles. The Labute approximate surface area is 54.0 Å². The van der Waals surface area contributed by atoms with Crippen molar-refractivity contribution in [3.63, 3.8) is 0 Å². The Bertz CT molecular complexity index is 85.0. The summed E-state index contributed by atoms with van der Waals surface area (Å²) < 4.78 is 0. The van der Waals surface area contributed by atoms with E-state index >= 15 is 0 Å². The van der Waals surface area contributed by atoms with Crippen LogP contribution in [0.15, 0.2) is 0 Å². The molecule has 0 fully saturated rings. The number of carbonyl (C=O) groups is 1. The molecular formula is C5H12N2O2. The molecule has 0 radical (unpaired) electrons. The molecule has 4 N–H and O–H groups in total. The number of nitrogens with one attached hydrogen (secondary N) is 1. The van der Waals surface area contributed by atoms with Gasteiger partial charge in [0.2, 0.25) is 6.41 Å². The molecule has 0 aliphatic heterocycles. The zero-order valence-corrected chi connectivity index (χ0v) is 5.37. The summed E-state index contributed by atoms with van der Waals surface area (Å²) in [5.41, 5.74) is 5.27. The molecule has 0 heterocycles. The van der Waals surface area contributed by atoms with Gasteiger partial charge >= 0.3 is 0 Å². The van der Waals surface area contributed by atoms with Crippen molar-refractivity contribution in [1.29, 1.82) is 0 Å². The third kappa shape index (κ3) is 3.93. The lowest BCUT2D eigenvalue weighted by molar-refractivity contribution is -0.110. The van der Waals surface area contributed by atoms with Crippen molar-refractivity contribution in [2.75, 3.05) is 6.54 Å².